The van der Waals surface area contributed by atoms with Crippen molar-refractivity contribution in [1.82, 2.24) is 0 Å². The van der Waals surface area contributed by atoms with Gasteiger partial charge in [-0.3, -0.25) is 0 Å². The molecule has 1 aromatic rings. The highest BCUT2D eigenvalue weighted by molar-refractivity contribution is 7.99. The SMILES string of the molecule is CCC(N)Cc1ccc(N2CCSCC2C)cc1C. The number of rotatable bonds is 4. The molecule has 0 saturated carbocycles. The molecule has 2 nitrogen and oxygen atoms in total. The molecule has 1 aliphatic rings. The Morgan fingerprint density at radius 1 is 1.47 bits per heavy atom. The summed E-state index contributed by atoms with van der Waals surface area (Å²) < 4.78 is 0. The zero-order valence-electron chi connectivity index (χ0n) is 12.4. The standard InChI is InChI=1S/C16H26N2S/c1-4-15(17)10-14-5-6-16(9-12(14)2)18-7-8-19-11-13(18)3/h5-6,9,13,15H,4,7-8,10-11,17H2,1-3H3. The van der Waals surface area contributed by atoms with Crippen molar-refractivity contribution in [3.05, 3.63) is 29.3 Å². The van der Waals surface area contributed by atoms with Gasteiger partial charge in [0, 0.05) is 35.8 Å². The number of nitrogens with two attached hydrogens (primary N) is 1. The fraction of sp³-hybridized carbons (Fsp3) is 0.625. The van der Waals surface area contributed by atoms with E-state index in [0.717, 1.165) is 12.8 Å². The van der Waals surface area contributed by atoms with Gasteiger partial charge in [0.25, 0.3) is 0 Å². The Bertz CT molecular complexity index is 419. The minimum Gasteiger partial charge on any atom is -0.367 e. The summed E-state index contributed by atoms with van der Waals surface area (Å²) in [6, 6.07) is 7.81. The smallest absolute Gasteiger partial charge is 0.0372 e. The van der Waals surface area contributed by atoms with E-state index in [1.165, 1.54) is 34.9 Å². The maximum absolute atomic E-state index is 6.06. The molecule has 2 N–H and O–H groups in total. The fourth-order valence-corrected chi connectivity index (χ4v) is 3.64. The third kappa shape index (κ3) is 3.67. The van der Waals surface area contributed by atoms with Crippen LogP contribution in [0.2, 0.25) is 0 Å². The second-order valence-electron chi connectivity index (χ2n) is 5.60. The predicted octanol–water partition coefficient (Wildman–Crippen LogP) is 3.22. The van der Waals surface area contributed by atoms with Crippen molar-refractivity contribution in [3.8, 4) is 0 Å². The lowest BCUT2D eigenvalue weighted by Crippen LogP contribution is -2.40. The van der Waals surface area contributed by atoms with Crippen LogP contribution in [0.1, 0.15) is 31.4 Å². The average Bonchev–Trinajstić information content (AvgIpc) is 2.41. The molecule has 0 spiro atoms. The number of thioether (sulfide) groups is 1. The summed E-state index contributed by atoms with van der Waals surface area (Å²) in [5.41, 5.74) is 10.2. The highest BCUT2D eigenvalue weighted by Gasteiger charge is 2.19. The van der Waals surface area contributed by atoms with Gasteiger partial charge in [-0.1, -0.05) is 13.0 Å². The topological polar surface area (TPSA) is 29.3 Å². The van der Waals surface area contributed by atoms with Crippen LogP contribution in [-0.2, 0) is 6.42 Å². The Labute approximate surface area is 121 Å². The third-order valence-corrected chi connectivity index (χ3v) is 5.22. The number of anilines is 1. The van der Waals surface area contributed by atoms with Crippen molar-refractivity contribution in [2.75, 3.05) is 23.0 Å². The summed E-state index contributed by atoms with van der Waals surface area (Å²) in [4.78, 5) is 2.53. The van der Waals surface area contributed by atoms with Crippen LogP contribution in [0.15, 0.2) is 18.2 Å². The highest BCUT2D eigenvalue weighted by atomic mass is 32.2. The maximum Gasteiger partial charge on any atom is 0.0372 e. The molecule has 106 valence electrons. The molecule has 0 aliphatic carbocycles. The van der Waals surface area contributed by atoms with Crippen molar-refractivity contribution in [1.29, 1.82) is 0 Å². The van der Waals surface area contributed by atoms with Crippen molar-refractivity contribution in [2.45, 2.75) is 45.7 Å². The van der Waals surface area contributed by atoms with Gasteiger partial charge in [-0.25, -0.2) is 0 Å². The summed E-state index contributed by atoms with van der Waals surface area (Å²) >= 11 is 2.06. The highest BCUT2D eigenvalue weighted by Crippen LogP contribution is 2.26. The monoisotopic (exact) mass is 278 g/mol. The van der Waals surface area contributed by atoms with Crippen molar-refractivity contribution < 1.29 is 0 Å². The minimum absolute atomic E-state index is 0.287. The van der Waals surface area contributed by atoms with Crippen LogP contribution in [0, 0.1) is 6.92 Å². The van der Waals surface area contributed by atoms with Crippen LogP contribution in [0.25, 0.3) is 0 Å². The first-order valence-electron chi connectivity index (χ1n) is 7.31. The van der Waals surface area contributed by atoms with E-state index >= 15 is 0 Å². The van der Waals surface area contributed by atoms with Gasteiger partial charge in [0.2, 0.25) is 0 Å². The Morgan fingerprint density at radius 2 is 2.26 bits per heavy atom. The van der Waals surface area contributed by atoms with Gasteiger partial charge >= 0.3 is 0 Å². The first-order valence-corrected chi connectivity index (χ1v) is 8.46. The van der Waals surface area contributed by atoms with Gasteiger partial charge in [-0.15, -0.1) is 0 Å². The van der Waals surface area contributed by atoms with E-state index in [0.29, 0.717) is 6.04 Å². The first kappa shape index (κ1) is 14.7. The molecule has 0 amide bonds. The maximum atomic E-state index is 6.06. The van der Waals surface area contributed by atoms with Crippen LogP contribution in [-0.4, -0.2) is 30.1 Å². The predicted molar refractivity (Wildman–Crippen MR) is 87.3 cm³/mol. The molecule has 2 rings (SSSR count). The van der Waals surface area contributed by atoms with Gasteiger partial charge in [0.1, 0.15) is 0 Å². The van der Waals surface area contributed by atoms with Crippen LogP contribution >= 0.6 is 11.8 Å². The normalized spacial score (nSPS) is 21.5. The minimum atomic E-state index is 0.287. The lowest BCUT2D eigenvalue weighted by atomic mass is 9.99. The zero-order valence-corrected chi connectivity index (χ0v) is 13.2. The third-order valence-electron chi connectivity index (χ3n) is 4.03. The summed E-state index contributed by atoms with van der Waals surface area (Å²) in [5, 5.41) is 0. The Morgan fingerprint density at radius 3 is 2.89 bits per heavy atom. The molecule has 1 saturated heterocycles. The number of hydrogen-bond acceptors (Lipinski definition) is 3. The summed E-state index contributed by atoms with van der Waals surface area (Å²) in [6.07, 6.45) is 2.04. The van der Waals surface area contributed by atoms with Crippen LogP contribution in [0.5, 0.6) is 0 Å². The van der Waals surface area contributed by atoms with Gasteiger partial charge < -0.3 is 10.6 Å². The van der Waals surface area contributed by atoms with Crippen molar-refractivity contribution in [2.24, 2.45) is 5.73 Å². The number of nitrogens with zero attached hydrogens (tertiary/aromatic N) is 1. The van der Waals surface area contributed by atoms with Gasteiger partial charge in [-0.2, -0.15) is 11.8 Å². The van der Waals surface area contributed by atoms with Crippen LogP contribution in [0.3, 0.4) is 0 Å². The lowest BCUT2D eigenvalue weighted by molar-refractivity contribution is 0.644. The van der Waals surface area contributed by atoms with Gasteiger partial charge in [0.15, 0.2) is 0 Å². The Balaban J connectivity index is 2.13. The van der Waals surface area contributed by atoms with Gasteiger partial charge in [0.05, 0.1) is 0 Å². The molecular formula is C16H26N2S. The molecule has 2 atom stereocenters. The largest absolute Gasteiger partial charge is 0.367 e. The van der Waals surface area contributed by atoms with Crippen molar-refractivity contribution in [3.63, 3.8) is 0 Å². The first-order chi connectivity index (χ1) is 9.11. The average molecular weight is 278 g/mol. The van der Waals surface area contributed by atoms with E-state index in [-0.39, 0.29) is 6.04 Å². The summed E-state index contributed by atoms with van der Waals surface area (Å²) in [6.45, 7) is 7.85. The van der Waals surface area contributed by atoms with E-state index in [1.54, 1.807) is 0 Å². The van der Waals surface area contributed by atoms with E-state index in [2.05, 4.69) is 55.6 Å². The lowest BCUT2D eigenvalue weighted by Gasteiger charge is -2.35. The second-order valence-corrected chi connectivity index (χ2v) is 6.75. The molecule has 1 fully saturated rings. The van der Waals surface area contributed by atoms with Gasteiger partial charge in [-0.05, 0) is 49.9 Å². The van der Waals surface area contributed by atoms with E-state index in [9.17, 15) is 0 Å². The summed E-state index contributed by atoms with van der Waals surface area (Å²) in [7, 11) is 0. The number of benzene rings is 1. The molecule has 1 aliphatic heterocycles. The van der Waals surface area contributed by atoms with E-state index < -0.39 is 0 Å². The zero-order chi connectivity index (χ0) is 13.8. The number of hydrogen-bond donors (Lipinski definition) is 1. The molecule has 2 unspecified atom stereocenters. The summed E-state index contributed by atoms with van der Waals surface area (Å²) in [5.74, 6) is 2.48. The number of aryl methyl sites for hydroxylation is 1. The quantitative estimate of drug-likeness (QED) is 0.917. The van der Waals surface area contributed by atoms with Crippen LogP contribution in [0.4, 0.5) is 5.69 Å². The molecule has 1 heterocycles. The Kier molecular flexibility index (Phi) is 5.17. The molecule has 0 radical (unpaired) electrons. The van der Waals surface area contributed by atoms with E-state index in [1.807, 2.05) is 0 Å². The second kappa shape index (κ2) is 6.67. The Hall–Kier alpha value is -0.670. The molecule has 1 aromatic carbocycles. The molecule has 0 bridgehead atoms. The van der Waals surface area contributed by atoms with Crippen molar-refractivity contribution >= 4 is 17.4 Å². The molecular weight excluding hydrogens is 252 g/mol. The molecule has 3 heteroatoms. The van der Waals surface area contributed by atoms with E-state index in [4.69, 9.17) is 5.73 Å². The molecule has 19 heavy (non-hydrogen) atoms. The fourth-order valence-electron chi connectivity index (χ4n) is 2.63. The molecule has 0 aromatic heterocycles. The van der Waals surface area contributed by atoms with Crippen LogP contribution < -0.4 is 10.6 Å².